The first-order valence-corrected chi connectivity index (χ1v) is 9.11. The number of rotatable bonds is 9. The van der Waals surface area contributed by atoms with Gasteiger partial charge in [-0.1, -0.05) is 33.1 Å². The van der Waals surface area contributed by atoms with Crippen molar-refractivity contribution in [1.82, 2.24) is 4.72 Å². The lowest BCUT2D eigenvalue weighted by Gasteiger charge is -2.15. The third kappa shape index (κ3) is 5.12. The second-order valence-corrected chi connectivity index (χ2v) is 7.28. The lowest BCUT2D eigenvalue weighted by Crippen LogP contribution is -2.29. The van der Waals surface area contributed by atoms with Crippen LogP contribution in [0.2, 0.25) is 0 Å². The van der Waals surface area contributed by atoms with Gasteiger partial charge in [-0.3, -0.25) is 0 Å². The molecule has 0 bridgehead atoms. The van der Waals surface area contributed by atoms with Gasteiger partial charge in [0.15, 0.2) is 4.67 Å². The first-order valence-electron chi connectivity index (χ1n) is 6.84. The Balaban J connectivity index is 2.79. The van der Waals surface area contributed by atoms with E-state index in [1.165, 1.54) is 0 Å². The SMILES string of the molecule is CCCCC(CC)CNS(=O)(=O)c1cc(C(=O)O)oc1Br. The summed E-state index contributed by atoms with van der Waals surface area (Å²) in [6.45, 7) is 4.44. The normalized spacial score (nSPS) is 13.3. The highest BCUT2D eigenvalue weighted by Gasteiger charge is 2.25. The van der Waals surface area contributed by atoms with Gasteiger partial charge in [-0.25, -0.2) is 17.9 Å². The standard InChI is InChI=1S/C13H20BrNO5S/c1-3-5-6-9(4-2)8-15-21(18,19)11-7-10(13(16)17)20-12(11)14/h7,9,15H,3-6,8H2,1-2H3,(H,16,17). The fourth-order valence-electron chi connectivity index (χ4n) is 1.89. The van der Waals surface area contributed by atoms with Crippen LogP contribution in [0.4, 0.5) is 0 Å². The van der Waals surface area contributed by atoms with Gasteiger partial charge in [0, 0.05) is 12.6 Å². The zero-order valence-corrected chi connectivity index (χ0v) is 14.5. The Morgan fingerprint density at radius 2 is 2.14 bits per heavy atom. The van der Waals surface area contributed by atoms with Crippen molar-refractivity contribution in [3.63, 3.8) is 0 Å². The molecule has 8 heteroatoms. The quantitative estimate of drug-likeness (QED) is 0.684. The lowest BCUT2D eigenvalue weighted by atomic mass is 10.00. The van der Waals surface area contributed by atoms with E-state index < -0.39 is 21.8 Å². The average Bonchev–Trinajstić information content (AvgIpc) is 2.82. The molecule has 1 aromatic rings. The minimum Gasteiger partial charge on any atom is -0.475 e. The molecule has 0 saturated heterocycles. The van der Waals surface area contributed by atoms with Gasteiger partial charge in [0.2, 0.25) is 15.8 Å². The molecule has 1 aromatic heterocycles. The van der Waals surface area contributed by atoms with E-state index in [-0.39, 0.29) is 15.5 Å². The number of carboxylic acid groups (broad SMARTS) is 1. The number of nitrogens with one attached hydrogen (secondary N) is 1. The number of sulfonamides is 1. The Hall–Kier alpha value is -0.860. The van der Waals surface area contributed by atoms with Crippen LogP contribution < -0.4 is 4.72 Å². The molecule has 21 heavy (non-hydrogen) atoms. The van der Waals surface area contributed by atoms with Gasteiger partial charge in [-0.05, 0) is 28.3 Å². The summed E-state index contributed by atoms with van der Waals surface area (Å²) in [5.41, 5.74) is 0. The highest BCUT2D eigenvalue weighted by atomic mass is 79.9. The first-order chi connectivity index (χ1) is 9.81. The molecule has 6 nitrogen and oxygen atoms in total. The van der Waals surface area contributed by atoms with E-state index in [9.17, 15) is 13.2 Å². The van der Waals surface area contributed by atoms with Crippen molar-refractivity contribution in [2.75, 3.05) is 6.54 Å². The summed E-state index contributed by atoms with van der Waals surface area (Å²) >= 11 is 2.94. The van der Waals surface area contributed by atoms with Crippen LogP contribution in [0, 0.1) is 5.92 Å². The topological polar surface area (TPSA) is 96.6 Å². The summed E-state index contributed by atoms with van der Waals surface area (Å²) in [6, 6.07) is 1.00. The van der Waals surface area contributed by atoms with Gasteiger partial charge in [0.25, 0.3) is 0 Å². The molecule has 2 N–H and O–H groups in total. The fraction of sp³-hybridized carbons (Fsp3) is 0.615. The van der Waals surface area contributed by atoms with Crippen molar-refractivity contribution in [2.24, 2.45) is 5.92 Å². The third-order valence-corrected chi connectivity index (χ3v) is 5.54. The number of halogens is 1. The molecule has 0 amide bonds. The van der Waals surface area contributed by atoms with Crippen LogP contribution in [0.1, 0.15) is 50.1 Å². The Kier molecular flexibility index (Phi) is 6.89. The zero-order chi connectivity index (χ0) is 16.0. The van der Waals surface area contributed by atoms with Crippen molar-refractivity contribution in [3.05, 3.63) is 16.5 Å². The third-order valence-electron chi connectivity index (χ3n) is 3.26. The van der Waals surface area contributed by atoms with Crippen molar-refractivity contribution < 1.29 is 22.7 Å². The van der Waals surface area contributed by atoms with Crippen LogP contribution in [-0.2, 0) is 10.0 Å². The van der Waals surface area contributed by atoms with Crippen LogP contribution >= 0.6 is 15.9 Å². The maximum atomic E-state index is 12.2. The second kappa shape index (κ2) is 7.95. The largest absolute Gasteiger partial charge is 0.475 e. The highest BCUT2D eigenvalue weighted by Crippen LogP contribution is 2.26. The van der Waals surface area contributed by atoms with Crippen LogP contribution in [0.5, 0.6) is 0 Å². The number of furan rings is 1. The van der Waals surface area contributed by atoms with Crippen molar-refractivity contribution in [1.29, 1.82) is 0 Å². The number of hydrogen-bond donors (Lipinski definition) is 2. The maximum Gasteiger partial charge on any atom is 0.371 e. The maximum absolute atomic E-state index is 12.2. The highest BCUT2D eigenvalue weighted by molar-refractivity contribution is 9.10. The molecule has 1 rings (SSSR count). The van der Waals surface area contributed by atoms with Crippen LogP contribution in [-0.4, -0.2) is 26.0 Å². The average molecular weight is 382 g/mol. The molecule has 0 fully saturated rings. The van der Waals surface area contributed by atoms with Crippen LogP contribution in [0.15, 0.2) is 20.0 Å². The summed E-state index contributed by atoms with van der Waals surface area (Å²) in [4.78, 5) is 10.6. The van der Waals surface area contributed by atoms with E-state index in [0.29, 0.717) is 6.54 Å². The van der Waals surface area contributed by atoms with Crippen molar-refractivity contribution >= 4 is 31.9 Å². The van der Waals surface area contributed by atoms with Gasteiger partial charge in [-0.2, -0.15) is 0 Å². The molecule has 1 heterocycles. The van der Waals surface area contributed by atoms with Crippen LogP contribution in [0.3, 0.4) is 0 Å². The van der Waals surface area contributed by atoms with E-state index in [4.69, 9.17) is 9.52 Å². The minimum atomic E-state index is -3.79. The Morgan fingerprint density at radius 1 is 1.48 bits per heavy atom. The summed E-state index contributed by atoms with van der Waals surface area (Å²) < 4.78 is 31.7. The predicted molar refractivity (Wildman–Crippen MR) is 81.9 cm³/mol. The molecular formula is C13H20BrNO5S. The molecule has 1 unspecified atom stereocenters. The fourth-order valence-corrected chi connectivity index (χ4v) is 3.94. The number of aromatic carboxylic acids is 1. The molecular weight excluding hydrogens is 362 g/mol. The lowest BCUT2D eigenvalue weighted by molar-refractivity contribution is 0.0661. The molecule has 120 valence electrons. The van der Waals surface area contributed by atoms with Crippen molar-refractivity contribution in [2.45, 2.75) is 44.4 Å². The van der Waals surface area contributed by atoms with Gasteiger partial charge in [0.1, 0.15) is 4.90 Å². The number of unbranched alkanes of at least 4 members (excludes halogenated alkanes) is 1. The Morgan fingerprint density at radius 3 is 2.62 bits per heavy atom. The van der Waals surface area contributed by atoms with E-state index in [1.54, 1.807) is 0 Å². The zero-order valence-electron chi connectivity index (χ0n) is 12.1. The first kappa shape index (κ1) is 18.2. The van der Waals surface area contributed by atoms with E-state index in [2.05, 4.69) is 27.6 Å². The van der Waals surface area contributed by atoms with Gasteiger partial charge < -0.3 is 9.52 Å². The summed E-state index contributed by atoms with van der Waals surface area (Å²) in [7, 11) is -3.79. The van der Waals surface area contributed by atoms with E-state index in [1.807, 2.05) is 6.92 Å². The summed E-state index contributed by atoms with van der Waals surface area (Å²) in [5.74, 6) is -1.46. The molecule has 0 aliphatic heterocycles. The number of hydrogen-bond acceptors (Lipinski definition) is 4. The minimum absolute atomic E-state index is 0.103. The predicted octanol–water partition coefficient (Wildman–Crippen LogP) is 3.24. The molecule has 0 saturated carbocycles. The molecule has 1 atom stereocenters. The molecule has 0 aromatic carbocycles. The van der Waals surface area contributed by atoms with E-state index >= 15 is 0 Å². The van der Waals surface area contributed by atoms with Gasteiger partial charge in [-0.15, -0.1) is 0 Å². The molecule has 0 aliphatic carbocycles. The summed E-state index contributed by atoms with van der Waals surface area (Å²) in [6.07, 6.45) is 3.97. The van der Waals surface area contributed by atoms with Gasteiger partial charge in [0.05, 0.1) is 0 Å². The van der Waals surface area contributed by atoms with E-state index in [0.717, 1.165) is 31.7 Å². The van der Waals surface area contributed by atoms with Gasteiger partial charge >= 0.3 is 5.97 Å². The molecule has 0 aliphatic rings. The Bertz CT molecular complexity index is 581. The smallest absolute Gasteiger partial charge is 0.371 e. The summed E-state index contributed by atoms with van der Waals surface area (Å²) in [5, 5.41) is 8.81. The Labute approximate surface area is 133 Å². The molecule has 0 radical (unpaired) electrons. The van der Waals surface area contributed by atoms with Crippen molar-refractivity contribution in [3.8, 4) is 0 Å². The second-order valence-electron chi connectivity index (χ2n) is 4.82. The monoisotopic (exact) mass is 381 g/mol. The number of carboxylic acids is 1. The van der Waals surface area contributed by atoms with Crippen LogP contribution in [0.25, 0.3) is 0 Å². The molecule has 0 spiro atoms. The number of carbonyl (C=O) groups is 1.